The van der Waals surface area contributed by atoms with Crippen LogP contribution in [0.1, 0.15) is 29.2 Å². The van der Waals surface area contributed by atoms with Gasteiger partial charge in [0, 0.05) is 12.7 Å². The standard InChI is InChI=1S/C19H20N2O3/c22-18(16-9-8-14-7-4-10-20-17(14)16)21-12-15(19(23)24)11-13-5-2-1-3-6-13/h1-7,10,15-16H,8-9,11-12H2,(H,21,22)(H,23,24). The first kappa shape index (κ1) is 16.2. The molecule has 0 aliphatic heterocycles. The largest absolute Gasteiger partial charge is 0.481 e. The van der Waals surface area contributed by atoms with Gasteiger partial charge in [0.2, 0.25) is 5.91 Å². The molecular weight excluding hydrogens is 304 g/mol. The van der Waals surface area contributed by atoms with Crippen LogP contribution in [0.25, 0.3) is 0 Å². The fourth-order valence-electron chi connectivity index (χ4n) is 3.16. The molecule has 2 atom stereocenters. The molecular formula is C19H20N2O3. The Morgan fingerprint density at radius 2 is 2.00 bits per heavy atom. The Bertz CT molecular complexity index is 730. The molecule has 0 fully saturated rings. The Morgan fingerprint density at radius 3 is 2.75 bits per heavy atom. The molecule has 0 saturated carbocycles. The average Bonchev–Trinajstić information content (AvgIpc) is 3.03. The second-order valence-electron chi connectivity index (χ2n) is 6.11. The lowest BCUT2D eigenvalue weighted by Crippen LogP contribution is -2.36. The van der Waals surface area contributed by atoms with E-state index in [1.165, 1.54) is 0 Å². The first-order valence-electron chi connectivity index (χ1n) is 8.13. The summed E-state index contributed by atoms with van der Waals surface area (Å²) in [6, 6.07) is 13.3. The molecule has 5 heteroatoms. The van der Waals surface area contributed by atoms with Crippen molar-refractivity contribution in [2.45, 2.75) is 25.2 Å². The van der Waals surface area contributed by atoms with Crippen LogP contribution < -0.4 is 5.32 Å². The van der Waals surface area contributed by atoms with Crippen LogP contribution in [0.5, 0.6) is 0 Å². The molecule has 1 aliphatic rings. The minimum absolute atomic E-state index is 0.127. The van der Waals surface area contributed by atoms with Gasteiger partial charge in [0.25, 0.3) is 0 Å². The number of carboxylic acid groups (broad SMARTS) is 1. The maximum Gasteiger partial charge on any atom is 0.308 e. The number of hydrogen-bond acceptors (Lipinski definition) is 3. The number of benzene rings is 1. The second kappa shape index (κ2) is 7.25. The summed E-state index contributed by atoms with van der Waals surface area (Å²) < 4.78 is 0. The number of fused-ring (bicyclic) bond motifs is 1. The number of nitrogens with zero attached hydrogens (tertiary/aromatic N) is 1. The predicted molar refractivity (Wildman–Crippen MR) is 89.6 cm³/mol. The number of rotatable bonds is 6. The van der Waals surface area contributed by atoms with Gasteiger partial charge in [0.05, 0.1) is 17.5 Å². The Balaban J connectivity index is 1.61. The molecule has 124 valence electrons. The number of amides is 1. The van der Waals surface area contributed by atoms with E-state index in [1.54, 1.807) is 6.20 Å². The van der Waals surface area contributed by atoms with Crippen LogP contribution in [0.15, 0.2) is 48.7 Å². The van der Waals surface area contributed by atoms with Crippen LogP contribution in [-0.4, -0.2) is 28.5 Å². The number of carbonyl (C=O) groups is 2. The van der Waals surface area contributed by atoms with Gasteiger partial charge in [-0.2, -0.15) is 0 Å². The molecule has 1 heterocycles. The van der Waals surface area contributed by atoms with Crippen molar-refractivity contribution < 1.29 is 14.7 Å². The van der Waals surface area contributed by atoms with Crippen molar-refractivity contribution in [2.75, 3.05) is 6.54 Å². The van der Waals surface area contributed by atoms with E-state index in [1.807, 2.05) is 42.5 Å². The third-order valence-corrected chi connectivity index (χ3v) is 4.47. The highest BCUT2D eigenvalue weighted by atomic mass is 16.4. The molecule has 0 saturated heterocycles. The van der Waals surface area contributed by atoms with Crippen molar-refractivity contribution in [1.82, 2.24) is 10.3 Å². The zero-order valence-corrected chi connectivity index (χ0v) is 13.3. The summed E-state index contributed by atoms with van der Waals surface area (Å²) in [5.41, 5.74) is 2.88. The zero-order chi connectivity index (χ0) is 16.9. The van der Waals surface area contributed by atoms with E-state index in [0.29, 0.717) is 6.42 Å². The Morgan fingerprint density at radius 1 is 1.21 bits per heavy atom. The smallest absolute Gasteiger partial charge is 0.308 e. The Labute approximate surface area is 140 Å². The number of carboxylic acids is 1. The van der Waals surface area contributed by atoms with Crippen molar-refractivity contribution in [2.24, 2.45) is 5.92 Å². The van der Waals surface area contributed by atoms with Crippen molar-refractivity contribution in [1.29, 1.82) is 0 Å². The van der Waals surface area contributed by atoms with Gasteiger partial charge in [0.1, 0.15) is 0 Å². The van der Waals surface area contributed by atoms with Crippen molar-refractivity contribution in [3.05, 3.63) is 65.5 Å². The first-order valence-corrected chi connectivity index (χ1v) is 8.13. The fourth-order valence-corrected chi connectivity index (χ4v) is 3.16. The first-order chi connectivity index (χ1) is 11.6. The average molecular weight is 324 g/mol. The van der Waals surface area contributed by atoms with Crippen molar-refractivity contribution >= 4 is 11.9 Å². The van der Waals surface area contributed by atoms with E-state index in [-0.39, 0.29) is 18.4 Å². The second-order valence-corrected chi connectivity index (χ2v) is 6.11. The van der Waals surface area contributed by atoms with Gasteiger partial charge in [-0.1, -0.05) is 36.4 Å². The van der Waals surface area contributed by atoms with E-state index in [4.69, 9.17) is 0 Å². The van der Waals surface area contributed by atoms with Gasteiger partial charge in [-0.25, -0.2) is 0 Å². The van der Waals surface area contributed by atoms with Gasteiger partial charge < -0.3 is 10.4 Å². The van der Waals surface area contributed by atoms with E-state index < -0.39 is 11.9 Å². The summed E-state index contributed by atoms with van der Waals surface area (Å²) in [5, 5.41) is 12.2. The van der Waals surface area contributed by atoms with Gasteiger partial charge in [-0.05, 0) is 36.5 Å². The van der Waals surface area contributed by atoms with E-state index in [9.17, 15) is 14.7 Å². The molecule has 3 rings (SSSR count). The van der Waals surface area contributed by atoms with Crippen LogP contribution in [0.4, 0.5) is 0 Å². The number of hydrogen-bond donors (Lipinski definition) is 2. The quantitative estimate of drug-likeness (QED) is 0.853. The highest BCUT2D eigenvalue weighted by Gasteiger charge is 2.30. The molecule has 0 radical (unpaired) electrons. The van der Waals surface area contributed by atoms with Crippen LogP contribution in [0.3, 0.4) is 0 Å². The number of aromatic nitrogens is 1. The lowest BCUT2D eigenvalue weighted by atomic mass is 9.98. The number of carbonyl (C=O) groups excluding carboxylic acids is 1. The molecule has 1 aromatic heterocycles. The highest BCUT2D eigenvalue weighted by Crippen LogP contribution is 2.31. The summed E-state index contributed by atoms with van der Waals surface area (Å²) in [6.07, 6.45) is 3.66. The summed E-state index contributed by atoms with van der Waals surface area (Å²) in [7, 11) is 0. The molecule has 24 heavy (non-hydrogen) atoms. The molecule has 1 amide bonds. The number of aliphatic carboxylic acids is 1. The van der Waals surface area contributed by atoms with Crippen LogP contribution >= 0.6 is 0 Å². The molecule has 2 unspecified atom stereocenters. The van der Waals surface area contributed by atoms with Crippen LogP contribution in [0.2, 0.25) is 0 Å². The summed E-state index contributed by atoms with van der Waals surface area (Å²) >= 11 is 0. The fraction of sp³-hybridized carbons (Fsp3) is 0.316. The number of pyridine rings is 1. The van der Waals surface area contributed by atoms with E-state index >= 15 is 0 Å². The van der Waals surface area contributed by atoms with Gasteiger partial charge in [-0.15, -0.1) is 0 Å². The monoisotopic (exact) mass is 324 g/mol. The van der Waals surface area contributed by atoms with E-state index in [0.717, 1.165) is 29.7 Å². The van der Waals surface area contributed by atoms with Crippen molar-refractivity contribution in [3.8, 4) is 0 Å². The molecule has 1 aromatic carbocycles. The Kier molecular flexibility index (Phi) is 4.89. The Hall–Kier alpha value is -2.69. The molecule has 5 nitrogen and oxygen atoms in total. The number of nitrogens with one attached hydrogen (secondary N) is 1. The zero-order valence-electron chi connectivity index (χ0n) is 13.3. The molecule has 2 N–H and O–H groups in total. The normalized spacial score (nSPS) is 17.1. The molecule has 0 spiro atoms. The summed E-state index contributed by atoms with van der Waals surface area (Å²) in [6.45, 7) is 0.127. The topological polar surface area (TPSA) is 79.3 Å². The lowest BCUT2D eigenvalue weighted by molar-refractivity contribution is -0.141. The molecule has 0 bridgehead atoms. The minimum atomic E-state index is -0.899. The van der Waals surface area contributed by atoms with Crippen LogP contribution in [-0.2, 0) is 22.4 Å². The summed E-state index contributed by atoms with van der Waals surface area (Å²) in [5.74, 6) is -1.94. The van der Waals surface area contributed by atoms with Gasteiger partial charge >= 0.3 is 5.97 Å². The minimum Gasteiger partial charge on any atom is -0.481 e. The van der Waals surface area contributed by atoms with Gasteiger partial charge in [0.15, 0.2) is 0 Å². The highest BCUT2D eigenvalue weighted by molar-refractivity contribution is 5.84. The molecule has 1 aliphatic carbocycles. The third-order valence-electron chi connectivity index (χ3n) is 4.47. The van der Waals surface area contributed by atoms with E-state index in [2.05, 4.69) is 10.3 Å². The maximum atomic E-state index is 12.4. The maximum absolute atomic E-state index is 12.4. The van der Waals surface area contributed by atoms with Crippen molar-refractivity contribution in [3.63, 3.8) is 0 Å². The number of aryl methyl sites for hydroxylation is 1. The summed E-state index contributed by atoms with van der Waals surface area (Å²) in [4.78, 5) is 28.2. The lowest BCUT2D eigenvalue weighted by Gasteiger charge is -2.16. The van der Waals surface area contributed by atoms with Gasteiger partial charge in [-0.3, -0.25) is 14.6 Å². The predicted octanol–water partition coefficient (Wildman–Crippen LogP) is 2.17. The SMILES string of the molecule is O=C(O)C(CNC(=O)C1CCc2cccnc21)Cc1ccccc1. The third kappa shape index (κ3) is 3.62. The van der Waals surface area contributed by atoms with Crippen LogP contribution in [0, 0.1) is 5.92 Å². The molecule has 2 aromatic rings.